The molecule has 0 aliphatic heterocycles. The zero-order chi connectivity index (χ0) is 12.8. The van der Waals surface area contributed by atoms with Crippen molar-refractivity contribution in [2.45, 2.75) is 43.6 Å². The van der Waals surface area contributed by atoms with Crippen LogP contribution in [0.3, 0.4) is 0 Å². The highest BCUT2D eigenvalue weighted by molar-refractivity contribution is 5.68. The van der Waals surface area contributed by atoms with Gasteiger partial charge in [-0.3, -0.25) is 4.79 Å². The monoisotopic (exact) mass is 246 g/mol. The van der Waals surface area contributed by atoms with Crippen LogP contribution in [0.5, 0.6) is 0 Å². The molecule has 0 spiro atoms. The molecule has 96 valence electrons. The highest BCUT2D eigenvalue weighted by atomic mass is 16.4. The maximum absolute atomic E-state index is 10.9. The van der Waals surface area contributed by atoms with E-state index in [-0.39, 0.29) is 12.3 Å². The Bertz CT molecular complexity index is 455. The zero-order valence-electron chi connectivity index (χ0n) is 10.3. The Kier molecular flexibility index (Phi) is 2.67. The van der Waals surface area contributed by atoms with Crippen LogP contribution in [-0.2, 0) is 10.4 Å². The van der Waals surface area contributed by atoms with Crippen LogP contribution in [0.25, 0.3) is 0 Å². The number of hydrogen-bond donors (Lipinski definition) is 2. The molecule has 1 unspecified atom stereocenters. The van der Waals surface area contributed by atoms with E-state index in [9.17, 15) is 9.90 Å². The van der Waals surface area contributed by atoms with Crippen LogP contribution in [0.4, 0.5) is 0 Å². The van der Waals surface area contributed by atoms with E-state index in [0.717, 1.165) is 36.8 Å². The average Bonchev–Trinajstić information content (AvgIpc) is 3.22. The Morgan fingerprint density at radius 2 is 1.89 bits per heavy atom. The van der Waals surface area contributed by atoms with Crippen molar-refractivity contribution in [2.24, 2.45) is 5.92 Å². The Labute approximate surface area is 106 Å². The first-order valence-corrected chi connectivity index (χ1v) is 6.63. The van der Waals surface area contributed by atoms with Crippen LogP contribution in [-0.4, -0.2) is 16.2 Å². The van der Waals surface area contributed by atoms with E-state index in [0.29, 0.717) is 5.92 Å². The second-order valence-electron chi connectivity index (χ2n) is 5.70. The molecule has 0 aromatic heterocycles. The summed E-state index contributed by atoms with van der Waals surface area (Å²) in [6, 6.07) is 7.91. The number of carboxylic acids is 1. The third-order valence-electron chi connectivity index (χ3n) is 4.19. The molecule has 1 aromatic rings. The molecule has 1 atom stereocenters. The summed E-state index contributed by atoms with van der Waals surface area (Å²) in [6.45, 7) is 0. The highest BCUT2D eigenvalue weighted by Gasteiger charge is 2.42. The van der Waals surface area contributed by atoms with E-state index in [1.54, 1.807) is 0 Å². The maximum Gasteiger partial charge on any atom is 0.303 e. The van der Waals surface area contributed by atoms with Gasteiger partial charge in [0, 0.05) is 0 Å². The first-order chi connectivity index (χ1) is 8.58. The van der Waals surface area contributed by atoms with Crippen molar-refractivity contribution in [2.75, 3.05) is 0 Å². The largest absolute Gasteiger partial charge is 0.481 e. The lowest BCUT2D eigenvalue weighted by Crippen LogP contribution is -2.09. The Morgan fingerprint density at radius 1 is 1.28 bits per heavy atom. The number of carbonyl (C=O) groups is 1. The topological polar surface area (TPSA) is 57.5 Å². The predicted octanol–water partition coefficient (Wildman–Crippen LogP) is 2.64. The van der Waals surface area contributed by atoms with E-state index in [1.165, 1.54) is 0 Å². The van der Waals surface area contributed by atoms with Gasteiger partial charge in [-0.05, 0) is 48.6 Å². The molecule has 1 aromatic carbocycles. The molecule has 0 heterocycles. The fourth-order valence-electron chi connectivity index (χ4n) is 2.69. The van der Waals surface area contributed by atoms with Crippen molar-refractivity contribution in [3.8, 4) is 0 Å². The fourth-order valence-corrected chi connectivity index (χ4v) is 2.69. The van der Waals surface area contributed by atoms with Gasteiger partial charge < -0.3 is 10.2 Å². The maximum atomic E-state index is 10.9. The quantitative estimate of drug-likeness (QED) is 0.839. The van der Waals surface area contributed by atoms with Crippen LogP contribution in [0, 0.1) is 5.92 Å². The summed E-state index contributed by atoms with van der Waals surface area (Å²) in [5.74, 6) is -0.0434. The van der Waals surface area contributed by atoms with Crippen LogP contribution < -0.4 is 0 Å². The summed E-state index contributed by atoms with van der Waals surface area (Å²) in [7, 11) is 0. The average molecular weight is 246 g/mol. The minimum Gasteiger partial charge on any atom is -0.481 e. The van der Waals surface area contributed by atoms with Crippen LogP contribution >= 0.6 is 0 Å². The minimum atomic E-state index is -0.725. The normalized spacial score (nSPS) is 22.5. The number of aliphatic hydroxyl groups is 1. The minimum absolute atomic E-state index is 0.144. The summed E-state index contributed by atoms with van der Waals surface area (Å²) in [6.07, 6.45) is 4.18. The molecular formula is C15H18O3. The van der Waals surface area contributed by atoms with Gasteiger partial charge in [0.05, 0.1) is 12.0 Å². The lowest BCUT2D eigenvalue weighted by atomic mass is 9.90. The number of aliphatic carboxylic acids is 1. The van der Waals surface area contributed by atoms with E-state index < -0.39 is 11.6 Å². The summed E-state index contributed by atoms with van der Waals surface area (Å²) in [4.78, 5) is 10.9. The number of carboxylic acid groups (broad SMARTS) is 1. The molecule has 2 saturated carbocycles. The molecule has 3 heteroatoms. The zero-order valence-corrected chi connectivity index (χ0v) is 10.3. The first kappa shape index (κ1) is 11.7. The molecule has 2 N–H and O–H groups in total. The van der Waals surface area contributed by atoms with E-state index >= 15 is 0 Å². The Hall–Kier alpha value is -1.35. The van der Waals surface area contributed by atoms with Crippen molar-refractivity contribution < 1.29 is 15.0 Å². The molecule has 0 amide bonds. The van der Waals surface area contributed by atoms with E-state index in [2.05, 4.69) is 0 Å². The van der Waals surface area contributed by atoms with Crippen LogP contribution in [0.2, 0.25) is 0 Å². The lowest BCUT2D eigenvalue weighted by molar-refractivity contribution is -0.137. The number of rotatable bonds is 5. The molecule has 2 aliphatic carbocycles. The van der Waals surface area contributed by atoms with Crippen molar-refractivity contribution in [1.82, 2.24) is 0 Å². The van der Waals surface area contributed by atoms with Gasteiger partial charge in [0.15, 0.2) is 0 Å². The van der Waals surface area contributed by atoms with Crippen molar-refractivity contribution >= 4 is 5.97 Å². The van der Waals surface area contributed by atoms with Gasteiger partial charge in [-0.25, -0.2) is 0 Å². The van der Waals surface area contributed by atoms with Gasteiger partial charge in [0.1, 0.15) is 0 Å². The third kappa shape index (κ3) is 2.27. The predicted molar refractivity (Wildman–Crippen MR) is 67.3 cm³/mol. The SMILES string of the molecule is O=C(O)CC(c1ccc(C2(O)CC2)cc1)C1CC1. The fraction of sp³-hybridized carbons (Fsp3) is 0.533. The van der Waals surface area contributed by atoms with Crippen LogP contribution in [0.1, 0.15) is 49.1 Å². The molecule has 0 saturated heterocycles. The molecule has 3 nitrogen and oxygen atoms in total. The standard InChI is InChI=1S/C15H18O3/c16-14(17)9-13(10-1-2-10)11-3-5-12(6-4-11)15(18)7-8-15/h3-6,10,13,18H,1-2,7-9H2,(H,16,17). The van der Waals surface area contributed by atoms with Crippen molar-refractivity contribution in [3.05, 3.63) is 35.4 Å². The smallest absolute Gasteiger partial charge is 0.303 e. The molecule has 0 radical (unpaired) electrons. The summed E-state index contributed by atoms with van der Waals surface area (Å²) >= 11 is 0. The van der Waals surface area contributed by atoms with Gasteiger partial charge in [-0.1, -0.05) is 24.3 Å². The number of benzene rings is 1. The van der Waals surface area contributed by atoms with E-state index in [4.69, 9.17) is 5.11 Å². The molecule has 3 rings (SSSR count). The molecular weight excluding hydrogens is 228 g/mol. The van der Waals surface area contributed by atoms with Crippen molar-refractivity contribution in [1.29, 1.82) is 0 Å². The Balaban J connectivity index is 1.79. The lowest BCUT2D eigenvalue weighted by Gasteiger charge is -2.16. The molecule has 2 aliphatic rings. The van der Waals surface area contributed by atoms with Gasteiger partial charge in [-0.2, -0.15) is 0 Å². The first-order valence-electron chi connectivity index (χ1n) is 6.63. The Morgan fingerprint density at radius 3 is 2.33 bits per heavy atom. The van der Waals surface area contributed by atoms with Crippen molar-refractivity contribution in [3.63, 3.8) is 0 Å². The second-order valence-corrected chi connectivity index (χ2v) is 5.70. The molecule has 2 fully saturated rings. The second kappa shape index (κ2) is 4.09. The molecule has 18 heavy (non-hydrogen) atoms. The molecule has 0 bridgehead atoms. The summed E-state index contributed by atoms with van der Waals surface area (Å²) in [5, 5.41) is 19.0. The highest BCUT2D eigenvalue weighted by Crippen LogP contribution is 2.47. The van der Waals surface area contributed by atoms with Crippen LogP contribution in [0.15, 0.2) is 24.3 Å². The summed E-state index contributed by atoms with van der Waals surface area (Å²) < 4.78 is 0. The van der Waals surface area contributed by atoms with E-state index in [1.807, 2.05) is 24.3 Å². The van der Waals surface area contributed by atoms with Gasteiger partial charge in [-0.15, -0.1) is 0 Å². The third-order valence-corrected chi connectivity index (χ3v) is 4.19. The van der Waals surface area contributed by atoms with Gasteiger partial charge in [0.25, 0.3) is 0 Å². The van der Waals surface area contributed by atoms with Gasteiger partial charge >= 0.3 is 5.97 Å². The number of hydrogen-bond acceptors (Lipinski definition) is 2. The van der Waals surface area contributed by atoms with Gasteiger partial charge in [0.2, 0.25) is 0 Å². The summed E-state index contributed by atoms with van der Waals surface area (Å²) in [5.41, 5.74) is 1.48.